The molecule has 22 heavy (non-hydrogen) atoms. The first-order valence-electron chi connectivity index (χ1n) is 8.17. The van der Waals surface area contributed by atoms with Gasteiger partial charge < -0.3 is 19.9 Å². The highest BCUT2D eigenvalue weighted by Crippen LogP contribution is 2.33. The van der Waals surface area contributed by atoms with E-state index in [4.69, 9.17) is 9.47 Å². The zero-order chi connectivity index (χ0) is 15.9. The normalized spacial score (nSPS) is 17.3. The van der Waals surface area contributed by atoms with Crippen LogP contribution in [0, 0.1) is 6.92 Å². The zero-order valence-corrected chi connectivity index (χ0v) is 13.9. The Balaban J connectivity index is 2.15. The second-order valence-electron chi connectivity index (χ2n) is 5.59. The molecule has 0 aromatic heterocycles. The van der Waals surface area contributed by atoms with Crippen molar-refractivity contribution in [2.45, 2.75) is 26.9 Å². The molecule has 1 atom stereocenters. The monoisotopic (exact) mass is 308 g/mol. The predicted octanol–water partition coefficient (Wildman–Crippen LogP) is 1.73. The second kappa shape index (κ2) is 8.36. The number of nitrogens with zero attached hydrogens (tertiary/aromatic N) is 1. The van der Waals surface area contributed by atoms with Crippen LogP contribution in [0.2, 0.25) is 0 Å². The lowest BCUT2D eigenvalue weighted by molar-refractivity contribution is 0.105. The first-order valence-corrected chi connectivity index (χ1v) is 8.17. The van der Waals surface area contributed by atoms with Crippen LogP contribution in [0.1, 0.15) is 31.1 Å². The summed E-state index contributed by atoms with van der Waals surface area (Å²) in [4.78, 5) is 2.29. The van der Waals surface area contributed by atoms with E-state index in [1.165, 1.54) is 0 Å². The molecule has 124 valence electrons. The minimum Gasteiger partial charge on any atom is -0.490 e. The molecular formula is C17H28N2O3. The highest BCUT2D eigenvalue weighted by Gasteiger charge is 2.19. The lowest BCUT2D eigenvalue weighted by Gasteiger charge is -2.29. The number of benzene rings is 1. The molecule has 0 radical (unpaired) electrons. The van der Waals surface area contributed by atoms with Crippen molar-refractivity contribution in [3.8, 4) is 11.5 Å². The van der Waals surface area contributed by atoms with Crippen molar-refractivity contribution in [2.75, 3.05) is 45.9 Å². The molecule has 0 saturated carbocycles. The summed E-state index contributed by atoms with van der Waals surface area (Å²) in [6.45, 7) is 11.7. The molecule has 1 aromatic rings. The van der Waals surface area contributed by atoms with Gasteiger partial charge >= 0.3 is 0 Å². The summed E-state index contributed by atoms with van der Waals surface area (Å²) in [6.07, 6.45) is -0.506. The fraction of sp³-hybridized carbons (Fsp3) is 0.647. The lowest BCUT2D eigenvalue weighted by atomic mass is 10.0. The Bertz CT molecular complexity index is 473. The molecule has 1 saturated heterocycles. The molecule has 0 amide bonds. The van der Waals surface area contributed by atoms with Gasteiger partial charge in [0.2, 0.25) is 0 Å². The van der Waals surface area contributed by atoms with Gasteiger partial charge in [-0.25, -0.2) is 0 Å². The number of hydrogen-bond acceptors (Lipinski definition) is 5. The van der Waals surface area contributed by atoms with Crippen molar-refractivity contribution in [3.63, 3.8) is 0 Å². The van der Waals surface area contributed by atoms with Crippen molar-refractivity contribution in [1.82, 2.24) is 10.2 Å². The van der Waals surface area contributed by atoms with Crippen molar-refractivity contribution < 1.29 is 14.6 Å². The number of nitrogens with one attached hydrogen (secondary N) is 1. The van der Waals surface area contributed by atoms with Gasteiger partial charge in [0.05, 0.1) is 19.3 Å². The fourth-order valence-electron chi connectivity index (χ4n) is 2.81. The van der Waals surface area contributed by atoms with Crippen molar-refractivity contribution >= 4 is 0 Å². The van der Waals surface area contributed by atoms with E-state index in [2.05, 4.69) is 10.2 Å². The minimum atomic E-state index is -0.506. The third-order valence-electron chi connectivity index (χ3n) is 3.93. The topological polar surface area (TPSA) is 54.0 Å². The standard InChI is InChI=1S/C17H28N2O3/c1-4-21-16-10-13(3)14(11-17(16)22-5-2)15(20)12-19-8-6-18-7-9-19/h10-11,15,18,20H,4-9,12H2,1-3H3. The van der Waals surface area contributed by atoms with Crippen LogP contribution in [0.15, 0.2) is 12.1 Å². The molecule has 1 fully saturated rings. The van der Waals surface area contributed by atoms with Crippen LogP contribution in [-0.4, -0.2) is 55.9 Å². The number of aliphatic hydroxyl groups is 1. The van der Waals surface area contributed by atoms with E-state index >= 15 is 0 Å². The number of hydrogen-bond donors (Lipinski definition) is 2. The Morgan fingerprint density at radius 3 is 2.32 bits per heavy atom. The molecular weight excluding hydrogens is 280 g/mol. The SMILES string of the molecule is CCOc1cc(C)c(C(O)CN2CCNCC2)cc1OCC. The smallest absolute Gasteiger partial charge is 0.161 e. The van der Waals surface area contributed by atoms with Crippen LogP contribution < -0.4 is 14.8 Å². The summed E-state index contributed by atoms with van der Waals surface area (Å²) in [5.41, 5.74) is 1.96. The lowest BCUT2D eigenvalue weighted by Crippen LogP contribution is -2.45. The largest absolute Gasteiger partial charge is 0.490 e. The van der Waals surface area contributed by atoms with E-state index in [0.717, 1.165) is 43.1 Å². The molecule has 0 spiro atoms. The molecule has 5 heteroatoms. The molecule has 0 bridgehead atoms. The minimum absolute atomic E-state index is 0.506. The summed E-state index contributed by atoms with van der Waals surface area (Å²) in [6, 6.07) is 3.89. The van der Waals surface area contributed by atoms with Gasteiger partial charge in [-0.3, -0.25) is 4.90 Å². The molecule has 1 aromatic carbocycles. The quantitative estimate of drug-likeness (QED) is 0.803. The van der Waals surface area contributed by atoms with Gasteiger partial charge in [-0.05, 0) is 44.0 Å². The second-order valence-corrected chi connectivity index (χ2v) is 5.59. The van der Waals surface area contributed by atoms with Crippen LogP contribution in [-0.2, 0) is 0 Å². The van der Waals surface area contributed by atoms with Gasteiger partial charge in [-0.1, -0.05) is 0 Å². The van der Waals surface area contributed by atoms with Crippen LogP contribution >= 0.6 is 0 Å². The first-order chi connectivity index (χ1) is 10.7. The Hall–Kier alpha value is -1.30. The van der Waals surface area contributed by atoms with Crippen LogP contribution in [0.3, 0.4) is 0 Å². The zero-order valence-electron chi connectivity index (χ0n) is 13.9. The van der Waals surface area contributed by atoms with Gasteiger partial charge in [0.25, 0.3) is 0 Å². The van der Waals surface area contributed by atoms with Crippen LogP contribution in [0.25, 0.3) is 0 Å². The summed E-state index contributed by atoms with van der Waals surface area (Å²) < 4.78 is 11.3. The van der Waals surface area contributed by atoms with E-state index in [1.54, 1.807) is 0 Å². The van der Waals surface area contributed by atoms with E-state index in [0.29, 0.717) is 25.5 Å². The molecule has 2 rings (SSSR count). The third-order valence-corrected chi connectivity index (χ3v) is 3.93. The molecule has 2 N–H and O–H groups in total. The maximum atomic E-state index is 10.6. The van der Waals surface area contributed by atoms with E-state index in [9.17, 15) is 5.11 Å². The number of ether oxygens (including phenoxy) is 2. The third kappa shape index (κ3) is 4.35. The highest BCUT2D eigenvalue weighted by atomic mass is 16.5. The van der Waals surface area contributed by atoms with Gasteiger partial charge in [0.1, 0.15) is 0 Å². The predicted molar refractivity (Wildman–Crippen MR) is 87.8 cm³/mol. The number of aliphatic hydroxyl groups excluding tert-OH is 1. The van der Waals surface area contributed by atoms with Crippen molar-refractivity contribution in [1.29, 1.82) is 0 Å². The Morgan fingerprint density at radius 2 is 1.73 bits per heavy atom. The molecule has 5 nitrogen and oxygen atoms in total. The fourth-order valence-corrected chi connectivity index (χ4v) is 2.81. The Labute approximate surface area is 133 Å². The van der Waals surface area contributed by atoms with Gasteiger partial charge in [0, 0.05) is 32.7 Å². The Morgan fingerprint density at radius 1 is 1.14 bits per heavy atom. The van der Waals surface area contributed by atoms with Crippen molar-refractivity contribution in [3.05, 3.63) is 23.3 Å². The van der Waals surface area contributed by atoms with E-state index in [1.807, 2.05) is 32.9 Å². The van der Waals surface area contributed by atoms with Gasteiger partial charge in [0.15, 0.2) is 11.5 Å². The van der Waals surface area contributed by atoms with Gasteiger partial charge in [-0.15, -0.1) is 0 Å². The van der Waals surface area contributed by atoms with Crippen LogP contribution in [0.4, 0.5) is 0 Å². The number of aryl methyl sites for hydroxylation is 1. The molecule has 1 unspecified atom stereocenters. The summed E-state index contributed by atoms with van der Waals surface area (Å²) >= 11 is 0. The Kier molecular flexibility index (Phi) is 6.49. The average molecular weight is 308 g/mol. The molecule has 1 aliphatic rings. The van der Waals surface area contributed by atoms with E-state index in [-0.39, 0.29) is 0 Å². The molecule has 0 aliphatic carbocycles. The molecule has 1 heterocycles. The van der Waals surface area contributed by atoms with E-state index < -0.39 is 6.10 Å². The maximum Gasteiger partial charge on any atom is 0.161 e. The summed E-state index contributed by atoms with van der Waals surface area (Å²) in [7, 11) is 0. The van der Waals surface area contributed by atoms with Crippen LogP contribution in [0.5, 0.6) is 11.5 Å². The summed E-state index contributed by atoms with van der Waals surface area (Å²) in [5, 5.41) is 13.9. The number of rotatable bonds is 7. The average Bonchev–Trinajstić information content (AvgIpc) is 2.51. The number of β-amino-alcohol motifs (C(OH)–C–C–N with tert-alkyl or cyclic N) is 1. The highest BCUT2D eigenvalue weighted by molar-refractivity contribution is 5.48. The maximum absolute atomic E-state index is 10.6. The number of piperazine rings is 1. The van der Waals surface area contributed by atoms with Gasteiger partial charge in [-0.2, -0.15) is 0 Å². The summed E-state index contributed by atoms with van der Waals surface area (Å²) in [5.74, 6) is 1.46. The first kappa shape index (κ1) is 17.1. The molecule has 1 aliphatic heterocycles. The van der Waals surface area contributed by atoms with Crippen molar-refractivity contribution in [2.24, 2.45) is 0 Å².